The predicted octanol–water partition coefficient (Wildman–Crippen LogP) is 3.56. The minimum Gasteiger partial charge on any atom is -0.278 e. The summed E-state index contributed by atoms with van der Waals surface area (Å²) >= 11 is 0. The maximum Gasteiger partial charge on any atom is 0.0655 e. The van der Waals surface area contributed by atoms with Crippen molar-refractivity contribution in [2.75, 3.05) is 0 Å². The Morgan fingerprint density at radius 1 is 1.44 bits per heavy atom. The highest BCUT2D eigenvalue weighted by atomic mass is 15.1. The minimum atomic E-state index is 0.740. The van der Waals surface area contributed by atoms with Gasteiger partial charge in [-0.3, -0.25) is 5.10 Å². The molecule has 1 atom stereocenters. The minimum absolute atomic E-state index is 0.740. The molecule has 2 aromatic rings. The lowest BCUT2D eigenvalue weighted by molar-refractivity contribution is 0.494. The summed E-state index contributed by atoms with van der Waals surface area (Å²) in [4.78, 5) is 0. The zero-order chi connectivity index (χ0) is 11.3. The second-order valence-corrected chi connectivity index (χ2v) is 5.29. The van der Waals surface area contributed by atoms with Gasteiger partial charge >= 0.3 is 0 Å². The second kappa shape index (κ2) is 3.34. The Hall–Kier alpha value is -1.31. The van der Waals surface area contributed by atoms with E-state index in [9.17, 15) is 0 Å². The van der Waals surface area contributed by atoms with Crippen LogP contribution in [0.5, 0.6) is 0 Å². The highest BCUT2D eigenvalue weighted by Gasteiger charge is 2.27. The third-order valence-electron chi connectivity index (χ3n) is 4.04. The molecule has 1 N–H and O–H groups in total. The lowest BCUT2D eigenvalue weighted by Gasteiger charge is -2.18. The molecule has 1 heterocycles. The van der Waals surface area contributed by atoms with Gasteiger partial charge in [0, 0.05) is 5.39 Å². The Kier molecular flexibility index (Phi) is 2.06. The van der Waals surface area contributed by atoms with Gasteiger partial charge in [0.25, 0.3) is 0 Å². The van der Waals surface area contributed by atoms with Gasteiger partial charge in [-0.05, 0) is 54.4 Å². The molecule has 1 aliphatic carbocycles. The molecule has 0 bridgehead atoms. The first kappa shape index (κ1) is 9.88. The van der Waals surface area contributed by atoms with Crippen LogP contribution in [0.25, 0.3) is 10.9 Å². The molecule has 0 aliphatic heterocycles. The fourth-order valence-corrected chi connectivity index (χ4v) is 3.19. The number of aromatic nitrogens is 2. The Balaban J connectivity index is 2.27. The first-order valence-electron chi connectivity index (χ1n) is 6.14. The first-order chi connectivity index (χ1) is 7.68. The van der Waals surface area contributed by atoms with Crippen molar-refractivity contribution in [1.29, 1.82) is 0 Å². The number of nitrogens with zero attached hydrogens (tertiary/aromatic N) is 1. The second-order valence-electron chi connectivity index (χ2n) is 5.29. The number of aromatic amines is 1. The SMILES string of the molecule is Cc1c2c(cc3[nH]ncc13)CCC2C(C)C. The number of aryl methyl sites for hydroxylation is 2. The maximum absolute atomic E-state index is 4.15. The van der Waals surface area contributed by atoms with Crippen LogP contribution in [0.2, 0.25) is 0 Å². The molecule has 1 aliphatic rings. The van der Waals surface area contributed by atoms with E-state index in [2.05, 4.69) is 37.0 Å². The summed E-state index contributed by atoms with van der Waals surface area (Å²) in [6, 6.07) is 2.30. The molecular formula is C14H18N2. The van der Waals surface area contributed by atoms with Crippen molar-refractivity contribution >= 4 is 10.9 Å². The Morgan fingerprint density at radius 3 is 3.00 bits per heavy atom. The third kappa shape index (κ3) is 1.22. The fraction of sp³-hybridized carbons (Fsp3) is 0.500. The van der Waals surface area contributed by atoms with Crippen LogP contribution < -0.4 is 0 Å². The number of benzene rings is 1. The van der Waals surface area contributed by atoms with Crippen molar-refractivity contribution < 1.29 is 0 Å². The van der Waals surface area contributed by atoms with Crippen LogP contribution in [-0.2, 0) is 6.42 Å². The van der Waals surface area contributed by atoms with Gasteiger partial charge in [-0.15, -0.1) is 0 Å². The molecule has 0 spiro atoms. The highest BCUT2D eigenvalue weighted by molar-refractivity contribution is 5.84. The number of H-pyrrole nitrogens is 1. The normalized spacial score (nSPS) is 19.6. The quantitative estimate of drug-likeness (QED) is 0.772. The van der Waals surface area contributed by atoms with Crippen LogP contribution >= 0.6 is 0 Å². The van der Waals surface area contributed by atoms with Gasteiger partial charge in [0.15, 0.2) is 0 Å². The third-order valence-corrected chi connectivity index (χ3v) is 4.04. The molecule has 2 heteroatoms. The van der Waals surface area contributed by atoms with Crippen LogP contribution in [0, 0.1) is 12.8 Å². The molecule has 0 amide bonds. The monoisotopic (exact) mass is 214 g/mol. The van der Waals surface area contributed by atoms with Gasteiger partial charge in [0.2, 0.25) is 0 Å². The molecule has 16 heavy (non-hydrogen) atoms. The van der Waals surface area contributed by atoms with Crippen molar-refractivity contribution in [2.45, 2.75) is 39.5 Å². The van der Waals surface area contributed by atoms with Gasteiger partial charge < -0.3 is 0 Å². The van der Waals surface area contributed by atoms with Gasteiger partial charge in [-0.2, -0.15) is 5.10 Å². The van der Waals surface area contributed by atoms with E-state index in [1.165, 1.54) is 34.9 Å². The highest BCUT2D eigenvalue weighted by Crippen LogP contribution is 2.42. The Labute approximate surface area is 96.1 Å². The Morgan fingerprint density at radius 2 is 2.25 bits per heavy atom. The number of hydrogen-bond donors (Lipinski definition) is 1. The van der Waals surface area contributed by atoms with Gasteiger partial charge in [0.05, 0.1) is 11.7 Å². The number of fused-ring (bicyclic) bond motifs is 2. The maximum atomic E-state index is 4.15. The average molecular weight is 214 g/mol. The summed E-state index contributed by atoms with van der Waals surface area (Å²) in [6.07, 6.45) is 4.50. The van der Waals surface area contributed by atoms with Crippen molar-refractivity contribution in [3.63, 3.8) is 0 Å². The van der Waals surface area contributed by atoms with E-state index in [1.807, 2.05) is 6.20 Å². The van der Waals surface area contributed by atoms with E-state index >= 15 is 0 Å². The molecule has 2 nitrogen and oxygen atoms in total. The van der Waals surface area contributed by atoms with Crippen molar-refractivity contribution in [3.8, 4) is 0 Å². The van der Waals surface area contributed by atoms with E-state index < -0.39 is 0 Å². The molecule has 0 fully saturated rings. The summed E-state index contributed by atoms with van der Waals surface area (Å²) in [5.74, 6) is 1.48. The number of nitrogens with one attached hydrogen (secondary N) is 1. The zero-order valence-electron chi connectivity index (χ0n) is 10.2. The molecule has 0 saturated carbocycles. The first-order valence-corrected chi connectivity index (χ1v) is 6.14. The van der Waals surface area contributed by atoms with Crippen LogP contribution in [0.3, 0.4) is 0 Å². The number of hydrogen-bond acceptors (Lipinski definition) is 1. The molecular weight excluding hydrogens is 196 g/mol. The van der Waals surface area contributed by atoms with E-state index in [1.54, 1.807) is 5.56 Å². The lowest BCUT2D eigenvalue weighted by atomic mass is 9.86. The summed E-state index contributed by atoms with van der Waals surface area (Å²) in [5.41, 5.74) is 5.77. The molecule has 3 rings (SSSR count). The van der Waals surface area contributed by atoms with Crippen molar-refractivity contribution in [1.82, 2.24) is 10.2 Å². The van der Waals surface area contributed by atoms with Gasteiger partial charge in [-0.1, -0.05) is 13.8 Å². The molecule has 1 aromatic heterocycles. The topological polar surface area (TPSA) is 28.7 Å². The number of rotatable bonds is 1. The van der Waals surface area contributed by atoms with Gasteiger partial charge in [0.1, 0.15) is 0 Å². The van der Waals surface area contributed by atoms with Gasteiger partial charge in [-0.25, -0.2) is 0 Å². The molecule has 1 aromatic carbocycles. The predicted molar refractivity (Wildman–Crippen MR) is 66.7 cm³/mol. The molecule has 1 unspecified atom stereocenters. The summed E-state index contributed by atoms with van der Waals surface area (Å²) in [6.45, 7) is 6.91. The fourth-order valence-electron chi connectivity index (χ4n) is 3.19. The van der Waals surface area contributed by atoms with Crippen molar-refractivity contribution in [3.05, 3.63) is 29.0 Å². The Bertz CT molecular complexity index is 537. The van der Waals surface area contributed by atoms with Crippen molar-refractivity contribution in [2.24, 2.45) is 5.92 Å². The molecule has 0 saturated heterocycles. The van der Waals surface area contributed by atoms with E-state index in [0.717, 1.165) is 11.8 Å². The van der Waals surface area contributed by atoms with E-state index in [-0.39, 0.29) is 0 Å². The smallest absolute Gasteiger partial charge is 0.0655 e. The van der Waals surface area contributed by atoms with Crippen LogP contribution in [-0.4, -0.2) is 10.2 Å². The molecule has 84 valence electrons. The summed E-state index contributed by atoms with van der Waals surface area (Å²) < 4.78 is 0. The summed E-state index contributed by atoms with van der Waals surface area (Å²) in [5, 5.41) is 8.53. The standard InChI is InChI=1S/C14H18N2/c1-8(2)11-5-4-10-6-13-12(7-15-16-13)9(3)14(10)11/h6-8,11H,4-5H2,1-3H3,(H,15,16). The molecule has 0 radical (unpaired) electrons. The van der Waals surface area contributed by atoms with E-state index in [4.69, 9.17) is 0 Å². The summed E-state index contributed by atoms with van der Waals surface area (Å²) in [7, 11) is 0. The average Bonchev–Trinajstić information content (AvgIpc) is 2.83. The zero-order valence-corrected chi connectivity index (χ0v) is 10.2. The van der Waals surface area contributed by atoms with Crippen LogP contribution in [0.1, 0.15) is 42.9 Å². The van der Waals surface area contributed by atoms with E-state index in [0.29, 0.717) is 0 Å². The van der Waals surface area contributed by atoms with Crippen LogP contribution in [0.4, 0.5) is 0 Å². The van der Waals surface area contributed by atoms with Crippen LogP contribution in [0.15, 0.2) is 12.3 Å². The lowest BCUT2D eigenvalue weighted by Crippen LogP contribution is -2.04. The largest absolute Gasteiger partial charge is 0.278 e.